The van der Waals surface area contributed by atoms with Gasteiger partial charge in [-0.05, 0) is 36.1 Å². The van der Waals surface area contributed by atoms with Gasteiger partial charge in [0.15, 0.2) is 0 Å². The summed E-state index contributed by atoms with van der Waals surface area (Å²) >= 11 is 0. The van der Waals surface area contributed by atoms with Crippen LogP contribution in [0.3, 0.4) is 0 Å². The average molecular weight is 395 g/mol. The third-order valence-electron chi connectivity index (χ3n) is 4.32. The van der Waals surface area contributed by atoms with E-state index in [0.717, 1.165) is 16.9 Å². The van der Waals surface area contributed by atoms with Gasteiger partial charge in [-0.1, -0.05) is 61.5 Å². The predicted octanol–water partition coefficient (Wildman–Crippen LogP) is 3.95. The molecule has 154 valence electrons. The standard InChI is InChI=1S/C24H30N2O3/c1-18(16-28-3)9-14-23(19(2)25)24(27)26-15-20-10-12-22(13-11-20)29-17-21-7-5-4-6-8-21/h4-14,18H,15-17,25H2,1-3H3,(H,26,27)/b14-9-,23-19-. The number of nitrogens with one attached hydrogen (secondary N) is 1. The maximum atomic E-state index is 12.5. The van der Waals surface area contributed by atoms with Crippen molar-refractivity contribution in [1.82, 2.24) is 5.32 Å². The summed E-state index contributed by atoms with van der Waals surface area (Å²) in [6, 6.07) is 17.7. The molecule has 5 heteroatoms. The normalized spacial score (nSPS) is 13.1. The molecule has 29 heavy (non-hydrogen) atoms. The van der Waals surface area contributed by atoms with Gasteiger partial charge in [0, 0.05) is 19.4 Å². The van der Waals surface area contributed by atoms with E-state index in [4.69, 9.17) is 15.2 Å². The number of ether oxygens (including phenoxy) is 2. The Hall–Kier alpha value is -3.05. The van der Waals surface area contributed by atoms with Gasteiger partial charge in [-0.3, -0.25) is 4.79 Å². The molecule has 2 rings (SSSR count). The molecular formula is C24H30N2O3. The van der Waals surface area contributed by atoms with Crippen molar-refractivity contribution in [1.29, 1.82) is 0 Å². The summed E-state index contributed by atoms with van der Waals surface area (Å²) in [6.07, 6.45) is 3.68. The largest absolute Gasteiger partial charge is 0.489 e. The van der Waals surface area contributed by atoms with Crippen molar-refractivity contribution in [3.8, 4) is 5.75 Å². The van der Waals surface area contributed by atoms with Crippen LogP contribution in [0.15, 0.2) is 78.0 Å². The number of carbonyl (C=O) groups excluding carboxylic acids is 1. The molecule has 2 aromatic carbocycles. The lowest BCUT2D eigenvalue weighted by Crippen LogP contribution is -2.25. The summed E-state index contributed by atoms with van der Waals surface area (Å²) in [5, 5.41) is 2.91. The highest BCUT2D eigenvalue weighted by atomic mass is 16.5. The Bertz CT molecular complexity index is 823. The van der Waals surface area contributed by atoms with Crippen LogP contribution in [0.1, 0.15) is 25.0 Å². The Kier molecular flexibility index (Phi) is 8.99. The van der Waals surface area contributed by atoms with Gasteiger partial charge in [0.2, 0.25) is 0 Å². The fourth-order valence-corrected chi connectivity index (χ4v) is 2.69. The van der Waals surface area contributed by atoms with Gasteiger partial charge in [0.25, 0.3) is 5.91 Å². The van der Waals surface area contributed by atoms with Gasteiger partial charge in [0.05, 0.1) is 12.2 Å². The molecule has 0 aliphatic rings. The first-order valence-electron chi connectivity index (χ1n) is 9.67. The molecule has 0 bridgehead atoms. The number of nitrogens with two attached hydrogens (primary N) is 1. The number of rotatable bonds is 10. The van der Waals surface area contributed by atoms with E-state index in [1.165, 1.54) is 0 Å². The average Bonchev–Trinajstić information content (AvgIpc) is 2.72. The van der Waals surface area contributed by atoms with Gasteiger partial charge in [0.1, 0.15) is 12.4 Å². The Morgan fingerprint density at radius 1 is 1.10 bits per heavy atom. The minimum Gasteiger partial charge on any atom is -0.489 e. The van der Waals surface area contributed by atoms with E-state index in [1.54, 1.807) is 20.1 Å². The van der Waals surface area contributed by atoms with Crippen molar-refractivity contribution < 1.29 is 14.3 Å². The van der Waals surface area contributed by atoms with Crippen LogP contribution in [0, 0.1) is 5.92 Å². The molecule has 1 amide bonds. The molecule has 1 unspecified atom stereocenters. The zero-order chi connectivity index (χ0) is 21.1. The monoisotopic (exact) mass is 394 g/mol. The second-order valence-electron chi connectivity index (χ2n) is 6.99. The highest BCUT2D eigenvalue weighted by Crippen LogP contribution is 2.14. The maximum Gasteiger partial charge on any atom is 0.253 e. The first kappa shape index (κ1) is 22.2. The van der Waals surface area contributed by atoms with Gasteiger partial charge in [-0.25, -0.2) is 0 Å². The molecule has 0 saturated heterocycles. The second-order valence-corrected chi connectivity index (χ2v) is 6.99. The van der Waals surface area contributed by atoms with Crippen molar-refractivity contribution in [3.63, 3.8) is 0 Å². The molecule has 1 atom stereocenters. The SMILES string of the molecule is COCC(C)/C=C\C(C(=O)NCc1ccc(OCc2ccccc2)cc1)=C(/C)N. The number of carbonyl (C=O) groups is 1. The zero-order valence-electron chi connectivity index (χ0n) is 17.4. The predicted molar refractivity (Wildman–Crippen MR) is 116 cm³/mol. The lowest BCUT2D eigenvalue weighted by molar-refractivity contribution is -0.117. The van der Waals surface area contributed by atoms with Crippen LogP contribution in [0.2, 0.25) is 0 Å². The molecule has 2 aromatic rings. The van der Waals surface area contributed by atoms with Gasteiger partial charge in [-0.2, -0.15) is 0 Å². The molecule has 3 N–H and O–H groups in total. The van der Waals surface area contributed by atoms with Crippen molar-refractivity contribution in [3.05, 3.63) is 89.1 Å². The van der Waals surface area contributed by atoms with Crippen molar-refractivity contribution in [2.24, 2.45) is 11.7 Å². The van der Waals surface area contributed by atoms with E-state index in [-0.39, 0.29) is 11.8 Å². The highest BCUT2D eigenvalue weighted by Gasteiger charge is 2.09. The van der Waals surface area contributed by atoms with Gasteiger partial charge >= 0.3 is 0 Å². The Labute approximate surface area is 173 Å². The third-order valence-corrected chi connectivity index (χ3v) is 4.32. The number of hydrogen-bond donors (Lipinski definition) is 2. The van der Waals surface area contributed by atoms with Crippen molar-refractivity contribution in [2.75, 3.05) is 13.7 Å². The van der Waals surface area contributed by atoms with Crippen LogP contribution in [-0.4, -0.2) is 19.6 Å². The van der Waals surface area contributed by atoms with E-state index < -0.39 is 0 Å². The van der Waals surface area contributed by atoms with Crippen molar-refractivity contribution >= 4 is 5.91 Å². The maximum absolute atomic E-state index is 12.5. The second kappa shape index (κ2) is 11.7. The van der Waals surface area contributed by atoms with Crippen LogP contribution in [0.5, 0.6) is 5.75 Å². The highest BCUT2D eigenvalue weighted by molar-refractivity contribution is 5.96. The van der Waals surface area contributed by atoms with Crippen LogP contribution >= 0.6 is 0 Å². The molecule has 0 spiro atoms. The molecule has 0 heterocycles. The van der Waals surface area contributed by atoms with Gasteiger partial charge < -0.3 is 20.5 Å². The van der Waals surface area contributed by atoms with Crippen LogP contribution < -0.4 is 15.8 Å². The zero-order valence-corrected chi connectivity index (χ0v) is 17.4. The van der Waals surface area contributed by atoms with Crippen LogP contribution in [0.4, 0.5) is 0 Å². The molecule has 0 saturated carbocycles. The smallest absolute Gasteiger partial charge is 0.253 e. The first-order chi connectivity index (χ1) is 14.0. The Morgan fingerprint density at radius 3 is 2.41 bits per heavy atom. The minimum absolute atomic E-state index is 0.199. The fourth-order valence-electron chi connectivity index (χ4n) is 2.69. The van der Waals surface area contributed by atoms with Gasteiger partial charge in [-0.15, -0.1) is 0 Å². The number of allylic oxidation sites excluding steroid dienone is 1. The Balaban J connectivity index is 1.87. The molecular weight excluding hydrogens is 364 g/mol. The van der Waals surface area contributed by atoms with E-state index in [9.17, 15) is 4.79 Å². The topological polar surface area (TPSA) is 73.6 Å². The summed E-state index contributed by atoms with van der Waals surface area (Å²) in [5.41, 5.74) is 8.94. The lowest BCUT2D eigenvalue weighted by Gasteiger charge is -2.10. The van der Waals surface area contributed by atoms with Crippen LogP contribution in [0.25, 0.3) is 0 Å². The molecule has 0 aliphatic carbocycles. The third kappa shape index (κ3) is 7.84. The van der Waals surface area contributed by atoms with E-state index in [2.05, 4.69) is 5.32 Å². The summed E-state index contributed by atoms with van der Waals surface area (Å²) < 4.78 is 10.9. The van der Waals surface area contributed by atoms with Crippen molar-refractivity contribution in [2.45, 2.75) is 27.0 Å². The van der Waals surface area contributed by atoms with E-state index >= 15 is 0 Å². The molecule has 0 fully saturated rings. The summed E-state index contributed by atoms with van der Waals surface area (Å²) in [4.78, 5) is 12.5. The summed E-state index contributed by atoms with van der Waals surface area (Å²) in [7, 11) is 1.65. The lowest BCUT2D eigenvalue weighted by atomic mass is 10.1. The minimum atomic E-state index is -0.199. The summed E-state index contributed by atoms with van der Waals surface area (Å²) in [5.74, 6) is 0.790. The quantitative estimate of drug-likeness (QED) is 0.473. The Morgan fingerprint density at radius 2 is 1.79 bits per heavy atom. The number of amides is 1. The van der Waals surface area contributed by atoms with E-state index in [1.807, 2.05) is 67.6 Å². The number of benzene rings is 2. The number of hydrogen-bond acceptors (Lipinski definition) is 4. The molecule has 0 aliphatic heterocycles. The number of methoxy groups -OCH3 is 1. The van der Waals surface area contributed by atoms with E-state index in [0.29, 0.717) is 31.0 Å². The molecule has 0 radical (unpaired) electrons. The molecule has 0 aromatic heterocycles. The first-order valence-corrected chi connectivity index (χ1v) is 9.67. The van der Waals surface area contributed by atoms with Crippen LogP contribution in [-0.2, 0) is 22.7 Å². The fraction of sp³-hybridized carbons (Fsp3) is 0.292. The summed E-state index contributed by atoms with van der Waals surface area (Å²) in [6.45, 7) is 5.26. The molecule has 5 nitrogen and oxygen atoms in total.